The van der Waals surface area contributed by atoms with Crippen LogP contribution in [0.25, 0.3) is 21.7 Å². The van der Waals surface area contributed by atoms with Gasteiger partial charge in [-0.3, -0.25) is 0 Å². The Balaban J connectivity index is 1.05. The molecule has 30 heavy (non-hydrogen) atoms. The molecule has 0 spiro atoms. The van der Waals surface area contributed by atoms with Crippen molar-refractivity contribution in [3.63, 3.8) is 0 Å². The number of H-pyrrole nitrogens is 1. The Morgan fingerprint density at radius 2 is 1.73 bits per heavy atom. The minimum Gasteiger partial charge on any atom is -0.493 e. The van der Waals surface area contributed by atoms with E-state index < -0.39 is 0 Å². The number of likely N-dealkylation sites (tertiary alicyclic amines) is 1. The van der Waals surface area contributed by atoms with Gasteiger partial charge in [0.1, 0.15) is 5.75 Å². The highest BCUT2D eigenvalue weighted by atomic mass is 16.5. The van der Waals surface area contributed by atoms with E-state index in [4.69, 9.17) is 4.74 Å². The fourth-order valence-electron chi connectivity index (χ4n) is 4.75. The molecule has 0 aliphatic carbocycles. The van der Waals surface area contributed by atoms with Gasteiger partial charge < -0.3 is 14.6 Å². The van der Waals surface area contributed by atoms with Crippen LogP contribution < -0.4 is 4.74 Å². The van der Waals surface area contributed by atoms with Crippen molar-refractivity contribution in [3.05, 3.63) is 78.5 Å². The molecule has 0 saturated carbocycles. The number of piperidine rings is 1. The number of hydrogen-bond donors (Lipinski definition) is 1. The SMILES string of the molecule is c1ccc2cc(C3CCN(CCCCOc4cccc5[nH]ccc45)CC3)ccc2c1. The van der Waals surface area contributed by atoms with Crippen LogP contribution in [0.5, 0.6) is 5.75 Å². The van der Waals surface area contributed by atoms with Gasteiger partial charge in [-0.25, -0.2) is 0 Å². The second-order valence-electron chi connectivity index (χ2n) is 8.47. The van der Waals surface area contributed by atoms with Crippen molar-refractivity contribution in [2.45, 2.75) is 31.6 Å². The van der Waals surface area contributed by atoms with E-state index in [9.17, 15) is 0 Å². The summed E-state index contributed by atoms with van der Waals surface area (Å²) in [4.78, 5) is 5.87. The van der Waals surface area contributed by atoms with Crippen molar-refractivity contribution >= 4 is 21.7 Å². The van der Waals surface area contributed by atoms with E-state index in [0.717, 1.165) is 24.3 Å². The van der Waals surface area contributed by atoms with Crippen LogP contribution in [0.1, 0.15) is 37.2 Å². The van der Waals surface area contributed by atoms with Gasteiger partial charge in [-0.1, -0.05) is 48.5 Å². The molecule has 1 aliphatic heterocycles. The van der Waals surface area contributed by atoms with Gasteiger partial charge in [-0.15, -0.1) is 0 Å². The van der Waals surface area contributed by atoms with Crippen molar-refractivity contribution < 1.29 is 4.74 Å². The molecule has 1 aliphatic rings. The minimum absolute atomic E-state index is 0.705. The largest absolute Gasteiger partial charge is 0.493 e. The third-order valence-electron chi connectivity index (χ3n) is 6.51. The molecule has 2 heterocycles. The van der Waals surface area contributed by atoms with E-state index in [0.29, 0.717) is 5.92 Å². The number of ether oxygens (including phenoxy) is 1. The van der Waals surface area contributed by atoms with Crippen molar-refractivity contribution in [2.75, 3.05) is 26.2 Å². The molecule has 0 bridgehead atoms. The Morgan fingerprint density at radius 1 is 0.867 bits per heavy atom. The molecule has 154 valence electrons. The zero-order valence-electron chi connectivity index (χ0n) is 17.5. The number of aromatic nitrogens is 1. The van der Waals surface area contributed by atoms with E-state index in [1.54, 1.807) is 0 Å². The first-order valence-corrected chi connectivity index (χ1v) is 11.3. The molecule has 0 radical (unpaired) electrons. The van der Waals surface area contributed by atoms with Gasteiger partial charge in [0.05, 0.1) is 6.61 Å². The summed E-state index contributed by atoms with van der Waals surface area (Å²) in [6.45, 7) is 4.39. The maximum absolute atomic E-state index is 6.04. The summed E-state index contributed by atoms with van der Waals surface area (Å²) in [5, 5.41) is 3.88. The van der Waals surface area contributed by atoms with Gasteiger partial charge in [0.15, 0.2) is 0 Å². The highest BCUT2D eigenvalue weighted by Crippen LogP contribution is 2.30. The van der Waals surface area contributed by atoms with E-state index in [2.05, 4.69) is 70.5 Å². The number of nitrogens with one attached hydrogen (secondary N) is 1. The van der Waals surface area contributed by atoms with Crippen molar-refractivity contribution in [3.8, 4) is 5.75 Å². The zero-order chi connectivity index (χ0) is 20.2. The Morgan fingerprint density at radius 3 is 2.63 bits per heavy atom. The van der Waals surface area contributed by atoms with Crippen LogP contribution in [0.3, 0.4) is 0 Å². The van der Waals surface area contributed by atoms with Crippen molar-refractivity contribution in [1.29, 1.82) is 0 Å². The van der Waals surface area contributed by atoms with Crippen molar-refractivity contribution in [2.24, 2.45) is 0 Å². The highest BCUT2D eigenvalue weighted by molar-refractivity contribution is 5.85. The molecular formula is C27H30N2O. The van der Waals surface area contributed by atoms with E-state index in [-0.39, 0.29) is 0 Å². The average Bonchev–Trinajstić information content (AvgIpc) is 3.29. The van der Waals surface area contributed by atoms with Crippen LogP contribution >= 0.6 is 0 Å². The standard InChI is InChI=1S/C27H30N2O/c1-2-7-23-20-24(11-10-21(23)6-1)22-13-17-29(18-14-22)16-3-4-19-30-27-9-5-8-26-25(27)12-15-28-26/h1-2,5-12,15,20,22,28H,3-4,13-14,16-19H2. The summed E-state index contributed by atoms with van der Waals surface area (Å²) in [6.07, 6.45) is 6.81. The fraction of sp³-hybridized carbons (Fsp3) is 0.333. The molecule has 0 unspecified atom stereocenters. The van der Waals surface area contributed by atoms with Gasteiger partial charge >= 0.3 is 0 Å². The maximum Gasteiger partial charge on any atom is 0.128 e. The molecule has 3 aromatic carbocycles. The first-order chi connectivity index (χ1) is 14.9. The predicted molar refractivity (Wildman–Crippen MR) is 125 cm³/mol. The van der Waals surface area contributed by atoms with Crippen LogP contribution in [0.4, 0.5) is 0 Å². The Labute approximate surface area is 178 Å². The summed E-state index contributed by atoms with van der Waals surface area (Å²) in [5.74, 6) is 1.70. The average molecular weight is 399 g/mol. The minimum atomic E-state index is 0.705. The second kappa shape index (κ2) is 8.93. The normalized spacial score (nSPS) is 15.7. The number of fused-ring (bicyclic) bond motifs is 2. The lowest BCUT2D eigenvalue weighted by molar-refractivity contribution is 0.202. The molecule has 0 amide bonds. The van der Waals surface area contributed by atoms with Crippen LogP contribution in [0.15, 0.2) is 72.9 Å². The third-order valence-corrected chi connectivity index (χ3v) is 6.51. The first-order valence-electron chi connectivity index (χ1n) is 11.3. The first kappa shape index (κ1) is 19.2. The lowest BCUT2D eigenvalue weighted by Gasteiger charge is -2.32. The smallest absolute Gasteiger partial charge is 0.128 e. The molecular weight excluding hydrogens is 368 g/mol. The second-order valence-corrected chi connectivity index (χ2v) is 8.47. The lowest BCUT2D eigenvalue weighted by Crippen LogP contribution is -2.33. The molecule has 1 N–H and O–H groups in total. The van der Waals surface area contributed by atoms with Gasteiger partial charge in [0, 0.05) is 17.1 Å². The van der Waals surface area contributed by atoms with Crippen LogP contribution in [-0.4, -0.2) is 36.1 Å². The summed E-state index contributed by atoms with van der Waals surface area (Å²) < 4.78 is 6.04. The molecule has 0 atom stereocenters. The monoisotopic (exact) mass is 398 g/mol. The summed E-state index contributed by atoms with van der Waals surface area (Å²) in [6, 6.07) is 24.0. The summed E-state index contributed by atoms with van der Waals surface area (Å²) >= 11 is 0. The highest BCUT2D eigenvalue weighted by Gasteiger charge is 2.20. The number of benzene rings is 3. The molecule has 3 heteroatoms. The maximum atomic E-state index is 6.04. The number of hydrogen-bond acceptors (Lipinski definition) is 2. The Bertz CT molecular complexity index is 1110. The third kappa shape index (κ3) is 4.22. The molecule has 1 aromatic heterocycles. The number of nitrogens with zero attached hydrogens (tertiary/aromatic N) is 1. The fourth-order valence-corrected chi connectivity index (χ4v) is 4.75. The van der Waals surface area contributed by atoms with Gasteiger partial charge in [0.2, 0.25) is 0 Å². The lowest BCUT2D eigenvalue weighted by atomic mass is 9.88. The van der Waals surface area contributed by atoms with Crippen LogP contribution in [0, 0.1) is 0 Å². The van der Waals surface area contributed by atoms with Gasteiger partial charge in [0.25, 0.3) is 0 Å². The van der Waals surface area contributed by atoms with Crippen LogP contribution in [0.2, 0.25) is 0 Å². The van der Waals surface area contributed by atoms with Crippen molar-refractivity contribution in [1.82, 2.24) is 9.88 Å². The van der Waals surface area contributed by atoms with E-state index >= 15 is 0 Å². The number of unbranched alkanes of at least 4 members (excludes halogenated alkanes) is 1. The van der Waals surface area contributed by atoms with E-state index in [1.807, 2.05) is 12.3 Å². The number of rotatable bonds is 7. The Hall–Kier alpha value is -2.78. The molecule has 5 rings (SSSR count). The van der Waals surface area contributed by atoms with Gasteiger partial charge in [-0.05, 0) is 85.8 Å². The summed E-state index contributed by atoms with van der Waals surface area (Å²) in [5.41, 5.74) is 2.66. The van der Waals surface area contributed by atoms with E-state index in [1.165, 1.54) is 60.6 Å². The van der Waals surface area contributed by atoms with Crippen LogP contribution in [-0.2, 0) is 0 Å². The zero-order valence-corrected chi connectivity index (χ0v) is 17.5. The Kier molecular flexibility index (Phi) is 5.71. The number of aromatic amines is 1. The molecule has 1 fully saturated rings. The quantitative estimate of drug-likeness (QED) is 0.367. The molecule has 1 saturated heterocycles. The topological polar surface area (TPSA) is 28.3 Å². The molecule has 4 aromatic rings. The molecule has 3 nitrogen and oxygen atoms in total. The van der Waals surface area contributed by atoms with Gasteiger partial charge in [-0.2, -0.15) is 0 Å². The predicted octanol–water partition coefficient (Wildman–Crippen LogP) is 6.36. The summed E-state index contributed by atoms with van der Waals surface area (Å²) in [7, 11) is 0.